The van der Waals surface area contributed by atoms with E-state index in [1.165, 1.54) is 0 Å². The number of rotatable bonds is 0. The molecule has 7 heavy (non-hydrogen) atoms. The van der Waals surface area contributed by atoms with Gasteiger partial charge < -0.3 is 5.11 Å². The van der Waals surface area contributed by atoms with Gasteiger partial charge in [0.15, 0.2) is 0 Å². The minimum Gasteiger partial charge on any atom is -0.397 e. The maximum atomic E-state index is 7.57. The van der Waals surface area contributed by atoms with Crippen molar-refractivity contribution in [1.29, 1.82) is 0 Å². The Morgan fingerprint density at radius 2 is 1.14 bits per heavy atom. The molecule has 1 nitrogen and oxygen atoms in total. The largest absolute Gasteiger partial charge is 0.397 e. The molecule has 0 atom stereocenters. The fraction of sp³-hybridized carbons (Fsp3) is 1.00. The summed E-state index contributed by atoms with van der Waals surface area (Å²) in [7, 11) is 0. The molecule has 0 aliphatic rings. The van der Waals surface area contributed by atoms with Gasteiger partial charge in [-0.1, -0.05) is 0 Å². The standard InChI is InChI=1S/C2H6O.3ClH.Cr/c1-2-3;;;;/h3H,2H2,1H3;3*1H;. The number of hydrogen-bond donors (Lipinski definition) is 1. The number of aliphatic hydroxyl groups excluding tert-OH is 1. The first-order valence-corrected chi connectivity index (χ1v) is 1.02. The van der Waals surface area contributed by atoms with Crippen LogP contribution in [0, 0.1) is 0 Å². The predicted octanol–water partition coefficient (Wildman–Crippen LogP) is 1.26. The van der Waals surface area contributed by atoms with Crippen molar-refractivity contribution in [2.24, 2.45) is 0 Å². The summed E-state index contributed by atoms with van der Waals surface area (Å²) in [5.41, 5.74) is 0. The quantitative estimate of drug-likeness (QED) is 0.634. The Morgan fingerprint density at radius 1 is 1.14 bits per heavy atom. The van der Waals surface area contributed by atoms with E-state index in [1.54, 1.807) is 6.92 Å². The maximum Gasteiger partial charge on any atom is 0.0402 e. The van der Waals surface area contributed by atoms with E-state index in [9.17, 15) is 0 Å². The number of hydrogen-bond acceptors (Lipinski definition) is 1. The zero-order valence-electron chi connectivity index (χ0n) is 3.79. The Bertz CT molecular complexity index is 12.9. The molecular formula is C2H9Cl3CrO. The molecule has 0 amide bonds. The molecule has 5 heteroatoms. The van der Waals surface area contributed by atoms with Gasteiger partial charge >= 0.3 is 0 Å². The fourth-order valence-corrected chi connectivity index (χ4v) is 0. The van der Waals surface area contributed by atoms with Gasteiger partial charge in [-0.15, -0.1) is 37.2 Å². The topological polar surface area (TPSA) is 20.2 Å². The van der Waals surface area contributed by atoms with E-state index in [4.69, 9.17) is 5.11 Å². The molecule has 0 aromatic rings. The second-order valence-electron chi connectivity index (χ2n) is 0.316. The van der Waals surface area contributed by atoms with Crippen molar-refractivity contribution in [2.45, 2.75) is 6.92 Å². The zero-order chi connectivity index (χ0) is 2.71. The summed E-state index contributed by atoms with van der Waals surface area (Å²) in [5, 5.41) is 7.57. The zero-order valence-corrected chi connectivity index (χ0v) is 7.51. The summed E-state index contributed by atoms with van der Waals surface area (Å²) >= 11 is 0. The first-order valence-electron chi connectivity index (χ1n) is 1.02. The molecule has 0 radical (unpaired) electrons. The Morgan fingerprint density at radius 3 is 1.14 bits per heavy atom. The van der Waals surface area contributed by atoms with E-state index < -0.39 is 0 Å². The van der Waals surface area contributed by atoms with Gasteiger partial charge in [-0.05, 0) is 6.92 Å². The van der Waals surface area contributed by atoms with Gasteiger partial charge in [0.2, 0.25) is 0 Å². The van der Waals surface area contributed by atoms with Crippen molar-refractivity contribution in [3.63, 3.8) is 0 Å². The molecule has 0 aliphatic carbocycles. The van der Waals surface area contributed by atoms with E-state index in [1.807, 2.05) is 0 Å². The van der Waals surface area contributed by atoms with Crippen molar-refractivity contribution in [2.75, 3.05) is 6.61 Å². The average molecular weight is 207 g/mol. The summed E-state index contributed by atoms with van der Waals surface area (Å²) in [6.45, 7) is 1.93. The monoisotopic (exact) mass is 206 g/mol. The number of aliphatic hydroxyl groups is 1. The molecule has 1 N–H and O–H groups in total. The summed E-state index contributed by atoms with van der Waals surface area (Å²) < 4.78 is 0. The van der Waals surface area contributed by atoms with Crippen LogP contribution in [0.2, 0.25) is 0 Å². The van der Waals surface area contributed by atoms with E-state index in [0.717, 1.165) is 0 Å². The van der Waals surface area contributed by atoms with Crippen LogP contribution < -0.4 is 0 Å². The molecule has 0 heterocycles. The minimum atomic E-state index is 0. The molecule has 0 fully saturated rings. The van der Waals surface area contributed by atoms with Crippen LogP contribution in [-0.2, 0) is 17.4 Å². The van der Waals surface area contributed by atoms with Gasteiger partial charge in [0, 0.05) is 24.0 Å². The van der Waals surface area contributed by atoms with Crippen LogP contribution in [0.25, 0.3) is 0 Å². The molecule has 0 unspecified atom stereocenters. The van der Waals surface area contributed by atoms with Gasteiger partial charge in [-0.2, -0.15) is 0 Å². The first-order chi connectivity index (χ1) is 1.41. The third-order valence-corrected chi connectivity index (χ3v) is 0. The SMILES string of the molecule is CCO.Cl.Cl.Cl.[Cr]. The van der Waals surface area contributed by atoms with Gasteiger partial charge in [-0.25, -0.2) is 0 Å². The van der Waals surface area contributed by atoms with Gasteiger partial charge in [0.25, 0.3) is 0 Å². The Kier molecular flexibility index (Phi) is 306. The van der Waals surface area contributed by atoms with Crippen molar-refractivity contribution in [1.82, 2.24) is 0 Å². The van der Waals surface area contributed by atoms with Crippen molar-refractivity contribution in [3.8, 4) is 0 Å². The van der Waals surface area contributed by atoms with Crippen molar-refractivity contribution < 1.29 is 22.5 Å². The Hall–Kier alpha value is 1.36. The van der Waals surface area contributed by atoms with Crippen LogP contribution in [0.3, 0.4) is 0 Å². The van der Waals surface area contributed by atoms with Crippen molar-refractivity contribution >= 4 is 37.2 Å². The predicted molar refractivity (Wildman–Crippen MR) is 34.5 cm³/mol. The molecule has 0 saturated carbocycles. The van der Waals surface area contributed by atoms with Crippen LogP contribution in [0.4, 0.5) is 0 Å². The smallest absolute Gasteiger partial charge is 0.0402 e. The van der Waals surface area contributed by atoms with Crippen LogP contribution in [0.1, 0.15) is 6.92 Å². The molecular weight excluding hydrogens is 198 g/mol. The van der Waals surface area contributed by atoms with E-state index >= 15 is 0 Å². The van der Waals surface area contributed by atoms with Crippen LogP contribution >= 0.6 is 37.2 Å². The third kappa shape index (κ3) is 114. The third-order valence-electron chi connectivity index (χ3n) is 0. The van der Waals surface area contributed by atoms with Gasteiger partial charge in [0.05, 0.1) is 0 Å². The molecule has 50 valence electrons. The van der Waals surface area contributed by atoms with Crippen LogP contribution in [0.15, 0.2) is 0 Å². The van der Waals surface area contributed by atoms with Crippen LogP contribution in [0.5, 0.6) is 0 Å². The number of halogens is 3. The molecule has 0 saturated heterocycles. The van der Waals surface area contributed by atoms with E-state index in [0.29, 0.717) is 0 Å². The Labute approximate surface area is 73.2 Å². The second kappa shape index (κ2) is 53.4. The normalized spacial score (nSPS) is 2.57. The van der Waals surface area contributed by atoms with Gasteiger partial charge in [-0.3, -0.25) is 0 Å². The maximum absolute atomic E-state index is 7.57. The molecule has 0 spiro atoms. The summed E-state index contributed by atoms with van der Waals surface area (Å²) in [6.07, 6.45) is 0. The summed E-state index contributed by atoms with van der Waals surface area (Å²) in [6, 6.07) is 0. The minimum absolute atomic E-state index is 0. The Balaban J connectivity index is -0.00000000333. The first kappa shape index (κ1) is 40.1. The molecule has 0 aliphatic heterocycles. The second-order valence-corrected chi connectivity index (χ2v) is 0.316. The molecule has 0 aromatic carbocycles. The summed E-state index contributed by atoms with van der Waals surface area (Å²) in [5.74, 6) is 0. The summed E-state index contributed by atoms with van der Waals surface area (Å²) in [4.78, 5) is 0. The van der Waals surface area contributed by atoms with Gasteiger partial charge in [0.1, 0.15) is 0 Å². The van der Waals surface area contributed by atoms with Crippen LogP contribution in [-0.4, -0.2) is 11.7 Å². The van der Waals surface area contributed by atoms with Crippen molar-refractivity contribution in [3.05, 3.63) is 0 Å². The fourth-order valence-electron chi connectivity index (χ4n) is 0. The molecule has 0 aromatic heterocycles. The van der Waals surface area contributed by atoms with E-state index in [-0.39, 0.29) is 61.2 Å². The van der Waals surface area contributed by atoms with E-state index in [2.05, 4.69) is 0 Å². The molecule has 0 bridgehead atoms. The average Bonchev–Trinajstić information content (AvgIpc) is 0.918. The molecule has 0 rings (SSSR count).